The van der Waals surface area contributed by atoms with Gasteiger partial charge in [-0.15, -0.1) is 23.1 Å². The fourth-order valence-electron chi connectivity index (χ4n) is 3.86. The summed E-state index contributed by atoms with van der Waals surface area (Å²) in [6, 6.07) is 23.4. The number of thiophene rings is 1. The third kappa shape index (κ3) is 7.84. The zero-order valence-corrected chi connectivity index (χ0v) is 24.4. The predicted molar refractivity (Wildman–Crippen MR) is 164 cm³/mol. The van der Waals surface area contributed by atoms with E-state index in [1.54, 1.807) is 68.4 Å². The summed E-state index contributed by atoms with van der Waals surface area (Å²) in [6.45, 7) is 5.45. The summed E-state index contributed by atoms with van der Waals surface area (Å²) >= 11 is 2.30. The third-order valence-corrected chi connectivity index (χ3v) is 8.09. The summed E-state index contributed by atoms with van der Waals surface area (Å²) in [6.07, 6.45) is 0. The molecular weight excluding hydrogens is 558 g/mol. The number of nitrogens with one attached hydrogen (secondary N) is 3. The highest BCUT2D eigenvalue weighted by molar-refractivity contribution is 8.00. The molecule has 3 N–H and O–H groups in total. The van der Waals surface area contributed by atoms with Gasteiger partial charge in [-0.1, -0.05) is 42.0 Å². The van der Waals surface area contributed by atoms with E-state index >= 15 is 0 Å². The molecule has 0 bridgehead atoms. The first kappa shape index (κ1) is 29.6. The Bertz CT molecular complexity index is 1570. The molecule has 8 nitrogen and oxygen atoms in total. The number of thioether (sulfide) groups is 1. The zero-order chi connectivity index (χ0) is 29.4. The first-order chi connectivity index (χ1) is 19.7. The van der Waals surface area contributed by atoms with Gasteiger partial charge in [0.15, 0.2) is 0 Å². The zero-order valence-electron chi connectivity index (χ0n) is 22.8. The summed E-state index contributed by atoms with van der Waals surface area (Å²) in [5, 5.41) is 8.72. The minimum atomic E-state index is -0.611. The number of para-hydroxylation sites is 1. The van der Waals surface area contributed by atoms with Crippen molar-refractivity contribution in [1.29, 1.82) is 0 Å². The normalized spacial score (nSPS) is 10.5. The lowest BCUT2D eigenvalue weighted by Crippen LogP contribution is -2.16. The number of amides is 3. The predicted octanol–water partition coefficient (Wildman–Crippen LogP) is 6.78. The van der Waals surface area contributed by atoms with Gasteiger partial charge in [-0.3, -0.25) is 14.4 Å². The minimum Gasteiger partial charge on any atom is -0.462 e. The molecule has 1 aromatic heterocycles. The molecule has 0 fully saturated rings. The molecule has 3 aromatic carbocycles. The molecule has 0 unspecified atom stereocenters. The van der Waals surface area contributed by atoms with Crippen LogP contribution in [-0.2, 0) is 9.53 Å². The van der Waals surface area contributed by atoms with E-state index in [1.807, 2.05) is 31.2 Å². The van der Waals surface area contributed by atoms with E-state index in [2.05, 4.69) is 16.0 Å². The van der Waals surface area contributed by atoms with Crippen LogP contribution >= 0.6 is 23.1 Å². The number of rotatable bonds is 10. The molecule has 0 atom stereocenters. The Morgan fingerprint density at radius 2 is 1.49 bits per heavy atom. The van der Waals surface area contributed by atoms with Gasteiger partial charge in [-0.25, -0.2) is 4.79 Å². The van der Waals surface area contributed by atoms with Crippen molar-refractivity contribution in [2.24, 2.45) is 0 Å². The van der Waals surface area contributed by atoms with Gasteiger partial charge >= 0.3 is 5.97 Å². The number of hydrogen-bond acceptors (Lipinski definition) is 7. The Morgan fingerprint density at radius 3 is 2.20 bits per heavy atom. The Morgan fingerprint density at radius 1 is 0.805 bits per heavy atom. The van der Waals surface area contributed by atoms with Crippen LogP contribution in [0.2, 0.25) is 0 Å². The van der Waals surface area contributed by atoms with Crippen LogP contribution in [0.15, 0.2) is 83.8 Å². The van der Waals surface area contributed by atoms with Crippen molar-refractivity contribution < 1.29 is 23.9 Å². The largest absolute Gasteiger partial charge is 0.462 e. The van der Waals surface area contributed by atoms with E-state index < -0.39 is 5.97 Å². The lowest BCUT2D eigenvalue weighted by molar-refractivity contribution is -0.113. The van der Waals surface area contributed by atoms with Crippen LogP contribution in [0.25, 0.3) is 0 Å². The fourth-order valence-corrected chi connectivity index (χ4v) is 5.72. The maximum Gasteiger partial charge on any atom is 0.341 e. The maximum atomic E-state index is 13.0. The first-order valence-electron chi connectivity index (χ1n) is 12.8. The standard InChI is InChI=1S/C31H29N3O5S2/c1-4-39-31(38)26-20(3)27(29(37)32-22-9-6-5-7-10-22)41-30(26)34-25(35)18-40-24-12-8-11-23(17-24)33-28(36)21-15-13-19(2)14-16-21/h5-17H,4,18H2,1-3H3,(H,32,37)(H,33,36)(H,34,35). The van der Waals surface area contributed by atoms with Gasteiger partial charge in [0.25, 0.3) is 11.8 Å². The van der Waals surface area contributed by atoms with Crippen LogP contribution in [-0.4, -0.2) is 36.1 Å². The average Bonchev–Trinajstić information content (AvgIpc) is 3.28. The number of ether oxygens (including phenoxy) is 1. The molecule has 210 valence electrons. The van der Waals surface area contributed by atoms with Crippen LogP contribution in [0.5, 0.6) is 0 Å². The fraction of sp³-hybridized carbons (Fsp3) is 0.161. The Kier molecular flexibility index (Phi) is 9.94. The molecule has 4 aromatic rings. The Balaban J connectivity index is 1.43. The van der Waals surface area contributed by atoms with Crippen LogP contribution in [0, 0.1) is 13.8 Å². The second-order valence-electron chi connectivity index (χ2n) is 8.99. The highest BCUT2D eigenvalue weighted by atomic mass is 32.2. The Labute approximate surface area is 246 Å². The van der Waals surface area contributed by atoms with Gasteiger partial charge in [-0.2, -0.15) is 0 Å². The molecule has 0 saturated carbocycles. The molecule has 0 aliphatic rings. The minimum absolute atomic E-state index is 0.0418. The van der Waals surface area contributed by atoms with Crippen molar-refractivity contribution >= 4 is 63.2 Å². The number of carbonyl (C=O) groups is 4. The van der Waals surface area contributed by atoms with Crippen molar-refractivity contribution in [3.05, 3.63) is 106 Å². The monoisotopic (exact) mass is 587 g/mol. The lowest BCUT2D eigenvalue weighted by atomic mass is 10.1. The third-order valence-electron chi connectivity index (χ3n) is 5.89. The van der Waals surface area contributed by atoms with Gasteiger partial charge in [0.05, 0.1) is 22.8 Å². The number of benzene rings is 3. The van der Waals surface area contributed by atoms with Crippen molar-refractivity contribution in [1.82, 2.24) is 0 Å². The number of esters is 1. The van der Waals surface area contributed by atoms with Gasteiger partial charge in [0, 0.05) is 21.8 Å². The van der Waals surface area contributed by atoms with E-state index in [0.717, 1.165) is 21.8 Å². The van der Waals surface area contributed by atoms with Crippen LogP contribution < -0.4 is 16.0 Å². The van der Waals surface area contributed by atoms with E-state index in [4.69, 9.17) is 4.74 Å². The highest BCUT2D eigenvalue weighted by Gasteiger charge is 2.26. The molecule has 0 aliphatic heterocycles. The highest BCUT2D eigenvalue weighted by Crippen LogP contribution is 2.35. The second-order valence-corrected chi connectivity index (χ2v) is 11.1. The van der Waals surface area contributed by atoms with E-state index in [9.17, 15) is 19.2 Å². The second kappa shape index (κ2) is 13.8. The smallest absolute Gasteiger partial charge is 0.341 e. The van der Waals surface area contributed by atoms with E-state index in [-0.39, 0.29) is 40.6 Å². The number of anilines is 3. The van der Waals surface area contributed by atoms with Gasteiger partial charge in [0.2, 0.25) is 5.91 Å². The summed E-state index contributed by atoms with van der Waals surface area (Å²) in [5.41, 5.74) is 3.43. The van der Waals surface area contributed by atoms with Crippen molar-refractivity contribution in [3.63, 3.8) is 0 Å². The summed E-state index contributed by atoms with van der Waals surface area (Å²) < 4.78 is 5.20. The summed E-state index contributed by atoms with van der Waals surface area (Å²) in [4.78, 5) is 52.3. The van der Waals surface area contributed by atoms with Crippen molar-refractivity contribution in [2.45, 2.75) is 25.7 Å². The summed E-state index contributed by atoms with van der Waals surface area (Å²) in [5.74, 6) is -1.54. The molecule has 0 aliphatic carbocycles. The van der Waals surface area contributed by atoms with Crippen LogP contribution in [0.3, 0.4) is 0 Å². The van der Waals surface area contributed by atoms with Gasteiger partial charge in [0.1, 0.15) is 5.00 Å². The van der Waals surface area contributed by atoms with E-state index in [1.165, 1.54) is 11.8 Å². The molecule has 4 rings (SSSR count). The van der Waals surface area contributed by atoms with Crippen LogP contribution in [0.4, 0.5) is 16.4 Å². The molecule has 0 saturated heterocycles. The molecule has 10 heteroatoms. The quantitative estimate of drug-likeness (QED) is 0.139. The lowest BCUT2D eigenvalue weighted by Gasteiger charge is -2.09. The summed E-state index contributed by atoms with van der Waals surface area (Å²) in [7, 11) is 0. The SMILES string of the molecule is CCOC(=O)c1c(NC(=O)CSc2cccc(NC(=O)c3ccc(C)cc3)c2)sc(C(=O)Nc2ccccc2)c1C. The average molecular weight is 588 g/mol. The van der Waals surface area contributed by atoms with Crippen molar-refractivity contribution in [3.8, 4) is 0 Å². The number of aryl methyl sites for hydroxylation is 1. The molecule has 1 heterocycles. The molecular formula is C31H29N3O5S2. The van der Waals surface area contributed by atoms with E-state index in [0.29, 0.717) is 27.4 Å². The molecule has 0 spiro atoms. The molecule has 3 amide bonds. The number of carbonyl (C=O) groups excluding carboxylic acids is 4. The van der Waals surface area contributed by atoms with Gasteiger partial charge < -0.3 is 20.7 Å². The first-order valence-corrected chi connectivity index (χ1v) is 14.6. The molecule has 0 radical (unpaired) electrons. The maximum absolute atomic E-state index is 13.0. The van der Waals surface area contributed by atoms with Gasteiger partial charge in [-0.05, 0) is 68.8 Å². The van der Waals surface area contributed by atoms with Crippen molar-refractivity contribution in [2.75, 3.05) is 28.3 Å². The Hall–Kier alpha value is -4.41. The topological polar surface area (TPSA) is 114 Å². The molecule has 41 heavy (non-hydrogen) atoms. The van der Waals surface area contributed by atoms with Crippen LogP contribution in [0.1, 0.15) is 48.4 Å². The number of hydrogen-bond donors (Lipinski definition) is 3.